The Labute approximate surface area is 146 Å². The van der Waals surface area contributed by atoms with E-state index in [1.807, 2.05) is 24.8 Å². The summed E-state index contributed by atoms with van der Waals surface area (Å²) in [6.45, 7) is 8.35. The molecule has 1 amide bonds. The molecule has 4 heterocycles. The average Bonchev–Trinajstić information content (AvgIpc) is 3.26. The van der Waals surface area contributed by atoms with Gasteiger partial charge in [0, 0.05) is 30.3 Å². The third-order valence-corrected chi connectivity index (χ3v) is 5.94. The predicted octanol–water partition coefficient (Wildman–Crippen LogP) is 2.98. The highest BCUT2D eigenvalue weighted by molar-refractivity contribution is 7.09. The smallest absolute Gasteiger partial charge is 0.223 e. The van der Waals surface area contributed by atoms with Gasteiger partial charge in [-0.05, 0) is 38.9 Å². The van der Waals surface area contributed by atoms with E-state index >= 15 is 0 Å². The van der Waals surface area contributed by atoms with Gasteiger partial charge in [-0.2, -0.15) is 0 Å². The average molecular weight is 345 g/mol. The zero-order valence-electron chi connectivity index (χ0n) is 14.2. The molecule has 1 spiro atoms. The van der Waals surface area contributed by atoms with Gasteiger partial charge in [-0.1, -0.05) is 0 Å². The molecule has 24 heavy (non-hydrogen) atoms. The van der Waals surface area contributed by atoms with E-state index in [-0.39, 0.29) is 11.3 Å². The van der Waals surface area contributed by atoms with Crippen molar-refractivity contribution >= 4 is 17.2 Å². The van der Waals surface area contributed by atoms with Crippen LogP contribution in [-0.2, 0) is 17.9 Å². The second-order valence-corrected chi connectivity index (χ2v) is 8.32. The van der Waals surface area contributed by atoms with Gasteiger partial charge in [0.15, 0.2) is 0 Å². The van der Waals surface area contributed by atoms with Crippen LogP contribution in [0.5, 0.6) is 0 Å². The van der Waals surface area contributed by atoms with E-state index in [4.69, 9.17) is 4.42 Å². The number of amides is 1. The molecule has 6 heteroatoms. The summed E-state index contributed by atoms with van der Waals surface area (Å²) >= 11 is 1.65. The summed E-state index contributed by atoms with van der Waals surface area (Å²) in [4.78, 5) is 21.4. The molecule has 1 atom stereocenters. The minimum Gasteiger partial charge on any atom is -0.465 e. The first-order valence-corrected chi connectivity index (χ1v) is 9.36. The summed E-state index contributed by atoms with van der Waals surface area (Å²) in [6, 6.07) is 4.06. The molecule has 0 saturated carbocycles. The van der Waals surface area contributed by atoms with Crippen LogP contribution < -0.4 is 0 Å². The Kier molecular flexibility index (Phi) is 3.96. The Morgan fingerprint density at radius 1 is 1.29 bits per heavy atom. The third kappa shape index (κ3) is 3.13. The van der Waals surface area contributed by atoms with Crippen LogP contribution in [0.2, 0.25) is 0 Å². The predicted molar refractivity (Wildman–Crippen MR) is 92.7 cm³/mol. The van der Waals surface area contributed by atoms with Crippen LogP contribution in [0.3, 0.4) is 0 Å². The van der Waals surface area contributed by atoms with Crippen molar-refractivity contribution in [3.8, 4) is 0 Å². The highest BCUT2D eigenvalue weighted by atomic mass is 32.1. The van der Waals surface area contributed by atoms with Crippen LogP contribution >= 0.6 is 11.3 Å². The summed E-state index contributed by atoms with van der Waals surface area (Å²) in [5.41, 5.74) is 1.13. The number of hydrogen-bond acceptors (Lipinski definition) is 5. The van der Waals surface area contributed by atoms with Gasteiger partial charge in [0.1, 0.15) is 11.5 Å². The number of rotatable bonds is 4. The lowest BCUT2D eigenvalue weighted by molar-refractivity contribution is -0.128. The molecular formula is C18H23N3O2S. The Morgan fingerprint density at radius 3 is 2.88 bits per heavy atom. The fourth-order valence-corrected chi connectivity index (χ4v) is 4.63. The summed E-state index contributed by atoms with van der Waals surface area (Å²) in [6.07, 6.45) is 1.76. The Bertz CT molecular complexity index is 753. The highest BCUT2D eigenvalue weighted by Crippen LogP contribution is 2.41. The number of carbonyl (C=O) groups is 1. The number of thiazole rings is 1. The molecule has 2 aromatic rings. The lowest BCUT2D eigenvalue weighted by atomic mass is 9.86. The van der Waals surface area contributed by atoms with Crippen molar-refractivity contribution in [2.24, 2.45) is 5.41 Å². The number of likely N-dealkylation sites (tertiary alicyclic amines) is 2. The molecule has 0 unspecified atom stereocenters. The zero-order chi connectivity index (χ0) is 16.7. The van der Waals surface area contributed by atoms with Gasteiger partial charge in [0.2, 0.25) is 5.91 Å². The van der Waals surface area contributed by atoms with Gasteiger partial charge in [0.05, 0.1) is 23.8 Å². The molecule has 0 radical (unpaired) electrons. The van der Waals surface area contributed by atoms with E-state index in [0.717, 1.165) is 54.8 Å². The standard InChI is InChI=1S/C18H23N3O2S/c1-13-3-4-16(23-13)9-20-6-5-18(11-20)7-17(22)21(12-18)8-15-10-24-14(2)19-15/h3-4,10H,5-9,11-12H2,1-2H3/t18-/m0/s1. The molecule has 0 N–H and O–H groups in total. The van der Waals surface area contributed by atoms with E-state index in [1.165, 1.54) is 0 Å². The van der Waals surface area contributed by atoms with Gasteiger partial charge >= 0.3 is 0 Å². The van der Waals surface area contributed by atoms with Crippen LogP contribution in [0.1, 0.15) is 35.1 Å². The summed E-state index contributed by atoms with van der Waals surface area (Å²) in [5, 5.41) is 3.13. The van der Waals surface area contributed by atoms with Crippen LogP contribution in [0, 0.1) is 19.3 Å². The van der Waals surface area contributed by atoms with E-state index in [1.54, 1.807) is 11.3 Å². The molecule has 2 aliphatic heterocycles. The first-order chi connectivity index (χ1) is 11.5. The number of nitrogens with zero attached hydrogens (tertiary/aromatic N) is 3. The monoisotopic (exact) mass is 345 g/mol. The molecule has 2 saturated heterocycles. The highest BCUT2D eigenvalue weighted by Gasteiger charge is 2.47. The second kappa shape index (κ2) is 6.01. The molecule has 2 aromatic heterocycles. The number of hydrogen-bond donors (Lipinski definition) is 0. The minimum atomic E-state index is 0.115. The van der Waals surface area contributed by atoms with Crippen LogP contribution in [0.4, 0.5) is 0 Å². The second-order valence-electron chi connectivity index (χ2n) is 7.26. The molecular weight excluding hydrogens is 322 g/mol. The van der Waals surface area contributed by atoms with Crippen LogP contribution in [0.25, 0.3) is 0 Å². The van der Waals surface area contributed by atoms with Gasteiger partial charge in [0.25, 0.3) is 0 Å². The van der Waals surface area contributed by atoms with Crippen molar-refractivity contribution in [3.63, 3.8) is 0 Å². The molecule has 2 aliphatic rings. The van der Waals surface area contributed by atoms with Crippen molar-refractivity contribution in [3.05, 3.63) is 39.7 Å². The van der Waals surface area contributed by atoms with E-state index in [9.17, 15) is 4.79 Å². The van der Waals surface area contributed by atoms with E-state index in [2.05, 4.69) is 21.3 Å². The van der Waals surface area contributed by atoms with Crippen molar-refractivity contribution < 1.29 is 9.21 Å². The number of aromatic nitrogens is 1. The lowest BCUT2D eigenvalue weighted by Crippen LogP contribution is -2.31. The van der Waals surface area contributed by atoms with Crippen LogP contribution in [-0.4, -0.2) is 40.3 Å². The number of aryl methyl sites for hydroxylation is 2. The molecule has 0 bridgehead atoms. The van der Waals surface area contributed by atoms with Gasteiger partial charge in [-0.3, -0.25) is 9.69 Å². The molecule has 5 nitrogen and oxygen atoms in total. The van der Waals surface area contributed by atoms with E-state index in [0.29, 0.717) is 13.0 Å². The fraction of sp³-hybridized carbons (Fsp3) is 0.556. The quantitative estimate of drug-likeness (QED) is 0.855. The number of furan rings is 1. The lowest BCUT2D eigenvalue weighted by Gasteiger charge is -2.23. The van der Waals surface area contributed by atoms with Crippen molar-refractivity contribution in [1.29, 1.82) is 0 Å². The SMILES string of the molecule is Cc1ccc(CN2CC[C@]3(CC(=O)N(Cc4csc(C)n4)C3)C2)o1. The van der Waals surface area contributed by atoms with Gasteiger partial charge < -0.3 is 9.32 Å². The fourth-order valence-electron chi connectivity index (χ4n) is 4.03. The molecule has 0 aromatic carbocycles. The molecule has 0 aliphatic carbocycles. The molecule has 128 valence electrons. The normalized spacial score (nSPS) is 24.6. The largest absolute Gasteiger partial charge is 0.465 e. The third-order valence-electron chi connectivity index (χ3n) is 5.12. The Balaban J connectivity index is 1.39. The van der Waals surface area contributed by atoms with E-state index < -0.39 is 0 Å². The maximum atomic E-state index is 12.5. The van der Waals surface area contributed by atoms with Crippen molar-refractivity contribution in [2.45, 2.75) is 39.8 Å². The van der Waals surface area contributed by atoms with Crippen molar-refractivity contribution in [2.75, 3.05) is 19.6 Å². The van der Waals surface area contributed by atoms with Gasteiger partial charge in [-0.25, -0.2) is 4.98 Å². The topological polar surface area (TPSA) is 49.6 Å². The van der Waals surface area contributed by atoms with Crippen LogP contribution in [0.15, 0.2) is 21.9 Å². The maximum Gasteiger partial charge on any atom is 0.223 e. The summed E-state index contributed by atoms with van der Waals surface area (Å²) in [5.74, 6) is 2.25. The van der Waals surface area contributed by atoms with Gasteiger partial charge in [-0.15, -0.1) is 11.3 Å². The van der Waals surface area contributed by atoms with Crippen molar-refractivity contribution in [1.82, 2.24) is 14.8 Å². The number of carbonyl (C=O) groups excluding carboxylic acids is 1. The Morgan fingerprint density at radius 2 is 2.17 bits per heavy atom. The zero-order valence-corrected chi connectivity index (χ0v) is 15.1. The minimum absolute atomic E-state index is 0.115. The summed E-state index contributed by atoms with van der Waals surface area (Å²) in [7, 11) is 0. The maximum absolute atomic E-state index is 12.5. The Hall–Kier alpha value is -1.66. The first-order valence-electron chi connectivity index (χ1n) is 8.48. The molecule has 4 rings (SSSR count). The summed E-state index contributed by atoms with van der Waals surface area (Å²) < 4.78 is 5.69. The molecule has 2 fully saturated rings. The first kappa shape index (κ1) is 15.8.